The fourth-order valence-corrected chi connectivity index (χ4v) is 13.8. The summed E-state index contributed by atoms with van der Waals surface area (Å²) >= 11 is 0. The molecule has 4 aliphatic rings. The third-order valence-electron chi connectivity index (χ3n) is 11.9. The SMILES string of the molecule is C[C@@H]1Cc2cc3c(cc2[C@@H](C2(C)C=CC(N[C@H]4CCN(C(=O)OC(C)(C)C)C4)=CC2)N1CC(F)(F)CO[Si](c1ccccc1)(c1ccccc1)C(C)(C)C)OCO3. The summed E-state index contributed by atoms with van der Waals surface area (Å²) < 4.78 is 58.0. The quantitative estimate of drug-likeness (QED) is 0.207. The molecule has 11 heteroatoms. The Morgan fingerprint density at radius 3 is 2.18 bits per heavy atom. The molecular formula is C46H59F2N3O5Si. The average molecular weight is 800 g/mol. The minimum absolute atomic E-state index is 0.0821. The second-order valence-electron chi connectivity index (χ2n) is 18.6. The first-order chi connectivity index (χ1) is 26.9. The first-order valence-electron chi connectivity index (χ1n) is 20.3. The van der Waals surface area contributed by atoms with Crippen LogP contribution < -0.4 is 25.2 Å². The van der Waals surface area contributed by atoms with Crippen molar-refractivity contribution in [3.8, 4) is 11.5 Å². The lowest BCUT2D eigenvalue weighted by Gasteiger charge is -2.51. The maximum Gasteiger partial charge on any atom is 0.410 e. The van der Waals surface area contributed by atoms with Crippen molar-refractivity contribution in [2.45, 2.75) is 109 Å². The Morgan fingerprint density at radius 2 is 1.60 bits per heavy atom. The highest BCUT2D eigenvalue weighted by Gasteiger charge is 2.53. The highest BCUT2D eigenvalue weighted by atomic mass is 28.4. The Hall–Kier alpha value is -4.19. The van der Waals surface area contributed by atoms with Crippen LogP contribution in [0.1, 0.15) is 85.4 Å². The maximum atomic E-state index is 17.0. The minimum Gasteiger partial charge on any atom is -0.454 e. The number of allylic oxidation sites excluding steroid dienone is 2. The van der Waals surface area contributed by atoms with E-state index in [1.807, 2.05) is 98.5 Å². The molecule has 1 aliphatic carbocycles. The van der Waals surface area contributed by atoms with Gasteiger partial charge >= 0.3 is 6.09 Å². The number of hydrogen-bond acceptors (Lipinski definition) is 7. The monoisotopic (exact) mass is 799 g/mol. The van der Waals surface area contributed by atoms with E-state index in [1.54, 1.807) is 4.90 Å². The smallest absolute Gasteiger partial charge is 0.410 e. The van der Waals surface area contributed by atoms with E-state index < -0.39 is 43.4 Å². The number of nitrogens with one attached hydrogen (secondary N) is 1. The van der Waals surface area contributed by atoms with Gasteiger partial charge in [-0.3, -0.25) is 4.90 Å². The lowest BCUT2D eigenvalue weighted by Crippen LogP contribution is -2.67. The largest absolute Gasteiger partial charge is 0.454 e. The van der Waals surface area contributed by atoms with Crippen LogP contribution in [0.25, 0.3) is 0 Å². The minimum atomic E-state index is -3.20. The normalized spacial score (nSPS) is 23.9. The molecule has 1 N–H and O–H groups in total. The Morgan fingerprint density at radius 1 is 0.965 bits per heavy atom. The molecule has 1 unspecified atom stereocenters. The lowest BCUT2D eigenvalue weighted by atomic mass is 9.69. The molecule has 57 heavy (non-hydrogen) atoms. The van der Waals surface area contributed by atoms with Gasteiger partial charge in [0.05, 0.1) is 13.2 Å². The van der Waals surface area contributed by atoms with E-state index in [1.165, 1.54) is 0 Å². The molecule has 0 radical (unpaired) electrons. The summed E-state index contributed by atoms with van der Waals surface area (Å²) in [6.07, 6.45) is 8.16. The summed E-state index contributed by atoms with van der Waals surface area (Å²) in [6.45, 7) is 16.3. The zero-order valence-electron chi connectivity index (χ0n) is 34.7. The number of alkyl halides is 2. The molecule has 0 aromatic heterocycles. The van der Waals surface area contributed by atoms with E-state index >= 15 is 8.78 Å². The van der Waals surface area contributed by atoms with Gasteiger partial charge in [-0.1, -0.05) is 101 Å². The van der Waals surface area contributed by atoms with E-state index in [9.17, 15) is 4.79 Å². The number of hydrogen-bond donors (Lipinski definition) is 1. The molecule has 8 nitrogen and oxygen atoms in total. The number of halogens is 2. The summed E-state index contributed by atoms with van der Waals surface area (Å²) in [5.74, 6) is -1.83. The maximum absolute atomic E-state index is 17.0. The molecule has 3 heterocycles. The zero-order valence-corrected chi connectivity index (χ0v) is 35.7. The van der Waals surface area contributed by atoms with Gasteiger partial charge in [-0.25, -0.2) is 13.6 Å². The molecule has 0 saturated carbocycles. The summed E-state index contributed by atoms with van der Waals surface area (Å²) in [6, 6.07) is 23.5. The molecule has 0 bridgehead atoms. The molecule has 1 amide bonds. The number of ether oxygens (including phenoxy) is 3. The van der Waals surface area contributed by atoms with Crippen LogP contribution in [0.3, 0.4) is 0 Å². The van der Waals surface area contributed by atoms with Crippen molar-refractivity contribution >= 4 is 24.8 Å². The first kappa shape index (κ1) is 41.0. The van der Waals surface area contributed by atoms with Crippen molar-refractivity contribution < 1.29 is 32.2 Å². The molecule has 4 atom stereocenters. The van der Waals surface area contributed by atoms with Crippen molar-refractivity contribution in [2.75, 3.05) is 33.0 Å². The van der Waals surface area contributed by atoms with Crippen molar-refractivity contribution in [1.29, 1.82) is 0 Å². The fourth-order valence-electron chi connectivity index (χ4n) is 9.23. The molecule has 0 spiro atoms. The number of amides is 1. The number of nitrogens with zero attached hydrogens (tertiary/aromatic N) is 2. The molecule has 1 fully saturated rings. The Balaban J connectivity index is 1.15. The van der Waals surface area contributed by atoms with Crippen LogP contribution in [0.4, 0.5) is 13.6 Å². The van der Waals surface area contributed by atoms with E-state index in [2.05, 4.69) is 58.2 Å². The van der Waals surface area contributed by atoms with E-state index in [4.69, 9.17) is 18.6 Å². The van der Waals surface area contributed by atoms with Crippen LogP contribution in [0, 0.1) is 5.41 Å². The van der Waals surface area contributed by atoms with Crippen LogP contribution >= 0.6 is 0 Å². The molecule has 3 aliphatic heterocycles. The zero-order chi connectivity index (χ0) is 40.8. The van der Waals surface area contributed by atoms with Crippen LogP contribution in [-0.4, -0.2) is 80.9 Å². The van der Waals surface area contributed by atoms with Crippen molar-refractivity contribution in [3.63, 3.8) is 0 Å². The summed E-state index contributed by atoms with van der Waals surface area (Å²) in [7, 11) is -3.20. The van der Waals surface area contributed by atoms with Crippen molar-refractivity contribution in [1.82, 2.24) is 15.1 Å². The molecule has 306 valence electrons. The van der Waals surface area contributed by atoms with Crippen LogP contribution in [0.2, 0.25) is 5.04 Å². The van der Waals surface area contributed by atoms with E-state index in [0.717, 1.165) is 33.6 Å². The number of benzene rings is 3. The topological polar surface area (TPSA) is 72.5 Å². The van der Waals surface area contributed by atoms with Gasteiger partial charge in [0.1, 0.15) is 5.60 Å². The van der Waals surface area contributed by atoms with Crippen LogP contribution in [0.15, 0.2) is 96.7 Å². The van der Waals surface area contributed by atoms with E-state index in [0.29, 0.717) is 37.4 Å². The van der Waals surface area contributed by atoms with Gasteiger partial charge in [-0.05, 0) is 91.7 Å². The predicted octanol–water partition coefficient (Wildman–Crippen LogP) is 8.36. The van der Waals surface area contributed by atoms with Gasteiger partial charge in [0.15, 0.2) is 11.5 Å². The van der Waals surface area contributed by atoms with Gasteiger partial charge in [-0.15, -0.1) is 0 Å². The van der Waals surface area contributed by atoms with Crippen LogP contribution in [0.5, 0.6) is 11.5 Å². The number of fused-ring (bicyclic) bond motifs is 2. The third kappa shape index (κ3) is 8.52. The summed E-state index contributed by atoms with van der Waals surface area (Å²) in [5.41, 5.74) is 1.96. The summed E-state index contributed by atoms with van der Waals surface area (Å²) in [5, 5.41) is 5.14. The highest BCUT2D eigenvalue weighted by molar-refractivity contribution is 6.99. The summed E-state index contributed by atoms with van der Waals surface area (Å²) in [4.78, 5) is 16.5. The highest BCUT2D eigenvalue weighted by Crippen LogP contribution is 2.52. The lowest BCUT2D eigenvalue weighted by molar-refractivity contribution is -0.0953. The second kappa shape index (κ2) is 15.5. The van der Waals surface area contributed by atoms with Gasteiger partial charge < -0.3 is 28.9 Å². The van der Waals surface area contributed by atoms with E-state index in [-0.39, 0.29) is 31.0 Å². The molecule has 1 saturated heterocycles. The third-order valence-corrected chi connectivity index (χ3v) is 16.9. The van der Waals surface area contributed by atoms with Crippen molar-refractivity contribution in [2.24, 2.45) is 5.41 Å². The van der Waals surface area contributed by atoms with Gasteiger partial charge in [0, 0.05) is 42.3 Å². The number of likely N-dealkylation sites (tertiary alicyclic amines) is 1. The number of carbonyl (C=O) groups excluding carboxylic acids is 1. The Bertz CT molecular complexity index is 1940. The predicted molar refractivity (Wildman–Crippen MR) is 223 cm³/mol. The molecule has 7 rings (SSSR count). The first-order valence-corrected chi connectivity index (χ1v) is 22.2. The fraction of sp³-hybridized carbons (Fsp3) is 0.500. The van der Waals surface area contributed by atoms with Gasteiger partial charge in [-0.2, -0.15) is 0 Å². The second-order valence-corrected chi connectivity index (χ2v) is 22.9. The number of rotatable bonds is 10. The van der Waals surface area contributed by atoms with Gasteiger partial charge in [0.25, 0.3) is 14.2 Å². The van der Waals surface area contributed by atoms with Crippen molar-refractivity contribution in [3.05, 3.63) is 108 Å². The van der Waals surface area contributed by atoms with Crippen LogP contribution in [-0.2, 0) is 15.6 Å². The molecule has 3 aromatic carbocycles. The molecule has 3 aromatic rings. The Kier molecular flexibility index (Phi) is 11.2. The average Bonchev–Trinajstić information content (AvgIpc) is 3.81. The molecular weight excluding hydrogens is 741 g/mol. The Labute approximate surface area is 338 Å². The standard InChI is InChI=1S/C46H59F2N3O5Si/c1-32-25-33-26-39-40(54-31-53-39)27-38(33)41(45(8)22-19-34(20-23-45)49-35-21-24-50(28-35)42(52)56-43(2,3)4)51(32)29-46(47,48)30-55-57(44(5,6)7,36-15-11-9-12-16-36)37-17-13-10-14-18-37/h9-20,22,26-27,32,35,41,49H,21,23-25,28-31H2,1-8H3/t32-,35+,41+,45?/m1/s1. The number of carbonyl (C=O) groups is 1. The van der Waals surface area contributed by atoms with Gasteiger partial charge in [0.2, 0.25) is 6.79 Å².